The van der Waals surface area contributed by atoms with E-state index in [4.69, 9.17) is 10.5 Å². The number of benzene rings is 1. The van der Waals surface area contributed by atoms with Crippen molar-refractivity contribution in [3.8, 4) is 5.75 Å². The van der Waals surface area contributed by atoms with Crippen LogP contribution < -0.4 is 10.5 Å². The standard InChI is InChI=1S/C14H23NOS/c1-4-13(15)10-17-6-5-16-14-8-11(2)7-12(3)9-14/h7-9,13H,4-6,10,15H2,1-3H3. The van der Waals surface area contributed by atoms with Crippen LogP contribution in [0.5, 0.6) is 5.75 Å². The number of aryl methyl sites for hydroxylation is 2. The highest BCUT2D eigenvalue weighted by molar-refractivity contribution is 7.99. The maximum Gasteiger partial charge on any atom is 0.119 e. The highest BCUT2D eigenvalue weighted by atomic mass is 32.2. The van der Waals surface area contributed by atoms with Gasteiger partial charge in [-0.2, -0.15) is 11.8 Å². The first-order chi connectivity index (χ1) is 8.11. The van der Waals surface area contributed by atoms with Crippen molar-refractivity contribution >= 4 is 11.8 Å². The molecule has 1 atom stereocenters. The van der Waals surface area contributed by atoms with Crippen LogP contribution in [0.15, 0.2) is 18.2 Å². The quantitative estimate of drug-likeness (QED) is 0.758. The predicted octanol–water partition coefficient (Wildman–Crippen LogP) is 3.15. The molecule has 0 spiro atoms. The molecule has 0 saturated heterocycles. The van der Waals surface area contributed by atoms with E-state index in [0.29, 0.717) is 6.04 Å². The van der Waals surface area contributed by atoms with Crippen LogP contribution in [0.4, 0.5) is 0 Å². The Morgan fingerprint density at radius 1 is 1.24 bits per heavy atom. The van der Waals surface area contributed by atoms with Crippen molar-refractivity contribution in [1.29, 1.82) is 0 Å². The zero-order valence-corrected chi connectivity index (χ0v) is 11.8. The first-order valence-electron chi connectivity index (χ1n) is 6.16. The highest BCUT2D eigenvalue weighted by Gasteiger charge is 2.00. The molecule has 0 saturated carbocycles. The van der Waals surface area contributed by atoms with E-state index in [1.165, 1.54) is 11.1 Å². The minimum atomic E-state index is 0.321. The van der Waals surface area contributed by atoms with Gasteiger partial charge in [-0.05, 0) is 43.5 Å². The molecule has 1 unspecified atom stereocenters. The molecule has 0 fully saturated rings. The number of ether oxygens (including phenoxy) is 1. The number of hydrogen-bond acceptors (Lipinski definition) is 3. The molecule has 1 aromatic rings. The van der Waals surface area contributed by atoms with Crippen LogP contribution in [0.2, 0.25) is 0 Å². The SMILES string of the molecule is CCC(N)CSCCOc1cc(C)cc(C)c1. The van der Waals surface area contributed by atoms with Gasteiger partial charge in [0.1, 0.15) is 5.75 Å². The summed E-state index contributed by atoms with van der Waals surface area (Å²) in [5.74, 6) is 3.00. The van der Waals surface area contributed by atoms with Crippen LogP contribution in [-0.4, -0.2) is 24.2 Å². The van der Waals surface area contributed by atoms with Crippen molar-refractivity contribution in [3.63, 3.8) is 0 Å². The monoisotopic (exact) mass is 253 g/mol. The Balaban J connectivity index is 2.22. The fourth-order valence-corrected chi connectivity index (χ4v) is 2.49. The molecule has 0 radical (unpaired) electrons. The summed E-state index contributed by atoms with van der Waals surface area (Å²) in [6, 6.07) is 6.63. The van der Waals surface area contributed by atoms with Crippen molar-refractivity contribution in [2.45, 2.75) is 33.2 Å². The second-order valence-corrected chi connectivity index (χ2v) is 5.56. The molecule has 1 aromatic carbocycles. The average Bonchev–Trinajstić information content (AvgIpc) is 2.27. The number of hydrogen-bond donors (Lipinski definition) is 1. The van der Waals surface area contributed by atoms with Gasteiger partial charge in [0.25, 0.3) is 0 Å². The van der Waals surface area contributed by atoms with Gasteiger partial charge in [0, 0.05) is 17.5 Å². The third kappa shape index (κ3) is 5.99. The summed E-state index contributed by atoms with van der Waals surface area (Å²) in [5.41, 5.74) is 8.35. The molecule has 2 N–H and O–H groups in total. The molecular formula is C14H23NOS. The smallest absolute Gasteiger partial charge is 0.119 e. The van der Waals surface area contributed by atoms with Crippen LogP contribution in [0.3, 0.4) is 0 Å². The van der Waals surface area contributed by atoms with Gasteiger partial charge in [-0.1, -0.05) is 13.0 Å². The largest absolute Gasteiger partial charge is 0.493 e. The number of thioether (sulfide) groups is 1. The molecule has 2 nitrogen and oxygen atoms in total. The van der Waals surface area contributed by atoms with Crippen molar-refractivity contribution in [2.24, 2.45) is 5.73 Å². The van der Waals surface area contributed by atoms with Crippen LogP contribution in [0.1, 0.15) is 24.5 Å². The summed E-state index contributed by atoms with van der Waals surface area (Å²) in [6.45, 7) is 7.06. The molecule has 0 aliphatic rings. The Morgan fingerprint density at radius 2 is 1.88 bits per heavy atom. The van der Waals surface area contributed by atoms with Gasteiger partial charge in [-0.25, -0.2) is 0 Å². The van der Waals surface area contributed by atoms with E-state index >= 15 is 0 Å². The van der Waals surface area contributed by atoms with Gasteiger partial charge < -0.3 is 10.5 Å². The molecular weight excluding hydrogens is 230 g/mol. The maximum absolute atomic E-state index is 5.84. The van der Waals surface area contributed by atoms with Gasteiger partial charge in [-0.3, -0.25) is 0 Å². The summed E-state index contributed by atoms with van der Waals surface area (Å²) in [6.07, 6.45) is 1.05. The third-order valence-corrected chi connectivity index (χ3v) is 3.67. The predicted molar refractivity (Wildman–Crippen MR) is 77.0 cm³/mol. The minimum Gasteiger partial charge on any atom is -0.493 e. The van der Waals surface area contributed by atoms with Gasteiger partial charge >= 0.3 is 0 Å². The first-order valence-corrected chi connectivity index (χ1v) is 7.31. The van der Waals surface area contributed by atoms with E-state index in [0.717, 1.165) is 30.3 Å². The maximum atomic E-state index is 5.84. The fraction of sp³-hybridized carbons (Fsp3) is 0.571. The molecule has 3 heteroatoms. The van der Waals surface area contributed by atoms with Gasteiger partial charge in [0.05, 0.1) is 6.61 Å². The summed E-state index contributed by atoms with van der Waals surface area (Å²) >= 11 is 1.86. The molecule has 0 bridgehead atoms. The lowest BCUT2D eigenvalue weighted by molar-refractivity contribution is 0.343. The second-order valence-electron chi connectivity index (χ2n) is 4.42. The highest BCUT2D eigenvalue weighted by Crippen LogP contribution is 2.16. The zero-order valence-electron chi connectivity index (χ0n) is 11.0. The summed E-state index contributed by atoms with van der Waals surface area (Å²) in [4.78, 5) is 0. The topological polar surface area (TPSA) is 35.2 Å². The second kappa shape index (κ2) is 7.62. The molecule has 1 rings (SSSR count). The number of nitrogens with two attached hydrogens (primary N) is 1. The van der Waals surface area contributed by atoms with Gasteiger partial charge in [0.2, 0.25) is 0 Å². The summed E-state index contributed by atoms with van der Waals surface area (Å²) in [7, 11) is 0. The zero-order chi connectivity index (χ0) is 12.7. The lowest BCUT2D eigenvalue weighted by Crippen LogP contribution is -2.21. The molecule has 0 aliphatic heterocycles. The van der Waals surface area contributed by atoms with Crippen molar-refractivity contribution in [2.75, 3.05) is 18.1 Å². The van der Waals surface area contributed by atoms with E-state index in [1.54, 1.807) is 0 Å². The molecule has 96 valence electrons. The fourth-order valence-electron chi connectivity index (χ4n) is 1.59. The van der Waals surface area contributed by atoms with Crippen LogP contribution in [0, 0.1) is 13.8 Å². The van der Waals surface area contributed by atoms with Crippen molar-refractivity contribution < 1.29 is 4.74 Å². The molecule has 17 heavy (non-hydrogen) atoms. The van der Waals surface area contributed by atoms with E-state index in [1.807, 2.05) is 11.8 Å². The minimum absolute atomic E-state index is 0.321. The summed E-state index contributed by atoms with van der Waals surface area (Å²) < 4.78 is 5.72. The Labute approximate surface area is 109 Å². The van der Waals surface area contributed by atoms with E-state index in [2.05, 4.69) is 39.0 Å². The van der Waals surface area contributed by atoms with E-state index in [9.17, 15) is 0 Å². The van der Waals surface area contributed by atoms with Gasteiger partial charge in [0.15, 0.2) is 0 Å². The van der Waals surface area contributed by atoms with Crippen molar-refractivity contribution in [1.82, 2.24) is 0 Å². The Bertz CT molecular complexity index is 321. The van der Waals surface area contributed by atoms with Gasteiger partial charge in [-0.15, -0.1) is 0 Å². The molecule has 0 heterocycles. The van der Waals surface area contributed by atoms with Crippen molar-refractivity contribution in [3.05, 3.63) is 29.3 Å². The summed E-state index contributed by atoms with van der Waals surface area (Å²) in [5, 5.41) is 0. The first kappa shape index (κ1) is 14.4. The number of rotatable bonds is 7. The molecule has 0 aliphatic carbocycles. The molecule has 0 amide bonds. The Morgan fingerprint density at radius 3 is 2.47 bits per heavy atom. The van der Waals surface area contributed by atoms with Crippen LogP contribution >= 0.6 is 11.8 Å². The van der Waals surface area contributed by atoms with Crippen LogP contribution in [-0.2, 0) is 0 Å². The Hall–Kier alpha value is -0.670. The van der Waals surface area contributed by atoms with E-state index in [-0.39, 0.29) is 0 Å². The molecule has 0 aromatic heterocycles. The Kier molecular flexibility index (Phi) is 6.45. The van der Waals surface area contributed by atoms with E-state index < -0.39 is 0 Å². The van der Waals surface area contributed by atoms with Crippen LogP contribution in [0.25, 0.3) is 0 Å². The normalized spacial score (nSPS) is 12.5. The lowest BCUT2D eigenvalue weighted by atomic mass is 10.1. The third-order valence-electron chi connectivity index (χ3n) is 2.55. The lowest BCUT2D eigenvalue weighted by Gasteiger charge is -2.10. The average molecular weight is 253 g/mol.